The van der Waals surface area contributed by atoms with E-state index in [0.29, 0.717) is 0 Å². The molecule has 108 valence electrons. The number of hydrogen-bond acceptors (Lipinski definition) is 0. The third-order valence-corrected chi connectivity index (χ3v) is 2.29. The second-order valence-electron chi connectivity index (χ2n) is 3.58. The van der Waals surface area contributed by atoms with Gasteiger partial charge in [-0.15, -0.1) is 13.8 Å². The predicted molar refractivity (Wildman–Crippen MR) is 72.7 cm³/mol. The molecule has 0 radical (unpaired) electrons. The van der Waals surface area contributed by atoms with Crippen LogP contribution in [0.15, 0.2) is 47.1 Å². The summed E-state index contributed by atoms with van der Waals surface area (Å²) in [5, 5.41) is 0. The van der Waals surface area contributed by atoms with Crippen LogP contribution >= 0.6 is 0 Å². The van der Waals surface area contributed by atoms with Gasteiger partial charge in [0.05, 0.1) is 0 Å². The Balaban J connectivity index is -0.0000000589. The summed E-state index contributed by atoms with van der Waals surface area (Å²) in [6.45, 7) is 10.4. The van der Waals surface area contributed by atoms with Gasteiger partial charge >= 0.3 is 21.7 Å². The van der Waals surface area contributed by atoms with Gasteiger partial charge in [-0.3, -0.25) is 6.08 Å². The second kappa shape index (κ2) is 20.3. The van der Waals surface area contributed by atoms with Crippen LogP contribution in [0, 0.1) is 12.1 Å². The van der Waals surface area contributed by atoms with E-state index in [1.807, 2.05) is 37.3 Å². The maximum absolute atomic E-state index is 3.10. The molecular weight excluding hydrogens is 313 g/mol. The first kappa shape index (κ1) is 31.4. The minimum Gasteiger partial charge on any atom is -1.00 e. The SMILES string of the molecule is C[C-]=C(C)C(C)=C(C)C.[Cl-].[Cl-].[NH2-].[Ti+2].[c-]1ccccc1. The first-order chi connectivity index (χ1) is 7.09. The van der Waals surface area contributed by atoms with Crippen LogP contribution in [0.1, 0.15) is 34.6 Å². The molecule has 0 saturated heterocycles. The second-order valence-corrected chi connectivity index (χ2v) is 3.58. The predicted octanol–water partition coefficient (Wildman–Crippen LogP) is -0.679. The topological polar surface area (TPSA) is 33.5 Å². The number of halogens is 2. The van der Waals surface area contributed by atoms with Gasteiger partial charge in [-0.05, 0) is 0 Å². The number of allylic oxidation sites excluding steroid dienone is 4. The van der Waals surface area contributed by atoms with Gasteiger partial charge in [-0.1, -0.05) is 20.8 Å². The summed E-state index contributed by atoms with van der Waals surface area (Å²) in [6, 6.07) is 12.5. The molecule has 0 bridgehead atoms. The van der Waals surface area contributed by atoms with Gasteiger partial charge in [-0.25, -0.2) is 5.57 Å². The number of nitrogens with two attached hydrogens (primary N) is 1. The van der Waals surface area contributed by atoms with E-state index in [1.54, 1.807) is 0 Å². The van der Waals surface area contributed by atoms with Gasteiger partial charge in [0, 0.05) is 0 Å². The van der Waals surface area contributed by atoms with Crippen LogP contribution in [-0.2, 0) is 21.7 Å². The summed E-state index contributed by atoms with van der Waals surface area (Å²) in [5.41, 5.74) is 3.99. The molecule has 0 atom stereocenters. The van der Waals surface area contributed by atoms with Crippen molar-refractivity contribution in [2.75, 3.05) is 0 Å². The van der Waals surface area contributed by atoms with E-state index in [4.69, 9.17) is 0 Å². The fraction of sp³-hybridized carbons (Fsp3) is 0.333. The van der Waals surface area contributed by atoms with Crippen LogP contribution in [0.25, 0.3) is 6.15 Å². The molecule has 1 rings (SSSR count). The molecule has 1 aromatic rings. The molecule has 0 fully saturated rings. The fourth-order valence-corrected chi connectivity index (χ4v) is 0.904. The first-order valence-corrected chi connectivity index (χ1v) is 5.16. The number of benzene rings is 1. The Hall–Kier alpha value is -0.0457. The quantitative estimate of drug-likeness (QED) is 0.370. The van der Waals surface area contributed by atoms with E-state index in [9.17, 15) is 0 Å². The molecule has 0 saturated carbocycles. The van der Waals surface area contributed by atoms with Crippen molar-refractivity contribution in [1.29, 1.82) is 0 Å². The molecule has 0 aliphatic rings. The van der Waals surface area contributed by atoms with E-state index < -0.39 is 0 Å². The number of hydrogen-bond donors (Lipinski definition) is 0. The molecule has 0 heterocycles. The van der Waals surface area contributed by atoms with Gasteiger partial charge < -0.3 is 31.0 Å². The van der Waals surface area contributed by atoms with Crippen molar-refractivity contribution in [2.24, 2.45) is 0 Å². The maximum Gasteiger partial charge on any atom is 2.00 e. The van der Waals surface area contributed by atoms with Crippen molar-refractivity contribution in [3.63, 3.8) is 0 Å². The van der Waals surface area contributed by atoms with Crippen molar-refractivity contribution in [2.45, 2.75) is 34.6 Å². The Labute approximate surface area is 146 Å². The minimum absolute atomic E-state index is 0. The molecule has 2 N–H and O–H groups in total. The Bertz CT molecular complexity index is 305. The van der Waals surface area contributed by atoms with Gasteiger partial charge in [-0.2, -0.15) is 47.5 Å². The van der Waals surface area contributed by atoms with Crippen LogP contribution in [0.2, 0.25) is 0 Å². The Morgan fingerprint density at radius 2 is 1.32 bits per heavy atom. The molecule has 4 heteroatoms. The van der Waals surface area contributed by atoms with Gasteiger partial charge in [0.15, 0.2) is 0 Å². The molecule has 19 heavy (non-hydrogen) atoms. The van der Waals surface area contributed by atoms with Gasteiger partial charge in [0.25, 0.3) is 0 Å². The van der Waals surface area contributed by atoms with E-state index in [0.717, 1.165) is 0 Å². The van der Waals surface area contributed by atoms with Crippen LogP contribution in [0.5, 0.6) is 0 Å². The van der Waals surface area contributed by atoms with Crippen LogP contribution in [-0.4, -0.2) is 0 Å². The van der Waals surface area contributed by atoms with Crippen LogP contribution in [0.4, 0.5) is 0 Å². The summed E-state index contributed by atoms with van der Waals surface area (Å²) in [4.78, 5) is 0. The van der Waals surface area contributed by atoms with Gasteiger partial charge in [0.2, 0.25) is 0 Å². The smallest absolute Gasteiger partial charge is 1.00 e. The summed E-state index contributed by atoms with van der Waals surface area (Å²) < 4.78 is 0. The van der Waals surface area contributed by atoms with E-state index >= 15 is 0 Å². The summed E-state index contributed by atoms with van der Waals surface area (Å²) >= 11 is 0. The third-order valence-electron chi connectivity index (χ3n) is 2.29. The molecule has 0 aliphatic heterocycles. The molecule has 0 aromatic heterocycles. The zero-order chi connectivity index (χ0) is 11.7. The van der Waals surface area contributed by atoms with E-state index in [2.05, 4.69) is 39.8 Å². The maximum atomic E-state index is 3.10. The van der Waals surface area contributed by atoms with Crippen molar-refractivity contribution >= 4 is 0 Å². The molecule has 0 unspecified atom stereocenters. The third kappa shape index (κ3) is 18.0. The minimum atomic E-state index is 0. The van der Waals surface area contributed by atoms with E-state index in [-0.39, 0.29) is 52.7 Å². The molecule has 1 nitrogen and oxygen atoms in total. The zero-order valence-electron chi connectivity index (χ0n) is 12.2. The monoisotopic (exact) mass is 334 g/mol. The zero-order valence-corrected chi connectivity index (χ0v) is 15.3. The Morgan fingerprint density at radius 1 is 0.895 bits per heavy atom. The van der Waals surface area contributed by atoms with E-state index in [1.165, 1.54) is 16.7 Å². The van der Waals surface area contributed by atoms with Crippen molar-refractivity contribution in [3.8, 4) is 0 Å². The summed E-state index contributed by atoms with van der Waals surface area (Å²) in [6.07, 6.45) is 3.10. The van der Waals surface area contributed by atoms with Crippen molar-refractivity contribution in [1.82, 2.24) is 0 Å². The largest absolute Gasteiger partial charge is 2.00 e. The normalized spacial score (nSPS) is 7.95. The fourth-order valence-electron chi connectivity index (χ4n) is 0.904. The molecule has 0 amide bonds. The molecule has 1 aromatic carbocycles. The van der Waals surface area contributed by atoms with Crippen molar-refractivity contribution < 1.29 is 46.5 Å². The summed E-state index contributed by atoms with van der Waals surface area (Å²) in [5.74, 6) is 0. The average molecular weight is 335 g/mol. The standard InChI is InChI=1S/C9H15.C6H5.2ClH.H2N.Ti/c1-6-8(4)9(5)7(2)3;1-2-4-6-5-3-1;;;;/h1-5H3;1-5H;2*1H;1H2;/q2*-1;;;-1;+2/p-2. The van der Waals surface area contributed by atoms with Gasteiger partial charge in [0.1, 0.15) is 0 Å². The van der Waals surface area contributed by atoms with Crippen LogP contribution in [0.3, 0.4) is 0 Å². The molecule has 0 spiro atoms. The average Bonchev–Trinajstić information content (AvgIpc) is 2.30. The van der Waals surface area contributed by atoms with Crippen molar-refractivity contribution in [3.05, 3.63) is 65.3 Å². The Morgan fingerprint density at radius 3 is 1.42 bits per heavy atom. The summed E-state index contributed by atoms with van der Waals surface area (Å²) in [7, 11) is 0. The first-order valence-electron chi connectivity index (χ1n) is 5.16. The van der Waals surface area contributed by atoms with Crippen LogP contribution < -0.4 is 24.8 Å². The molecule has 0 aliphatic carbocycles. The Kier molecular flexibility index (Phi) is 33.5. The number of rotatable bonds is 1. The molecular formula is C15H22Cl2NTi-3.